The van der Waals surface area contributed by atoms with Crippen molar-refractivity contribution in [3.05, 3.63) is 29.8 Å². The Balaban J connectivity index is 2.51. The van der Waals surface area contributed by atoms with Crippen molar-refractivity contribution in [1.29, 1.82) is 0 Å². The van der Waals surface area contributed by atoms with Gasteiger partial charge in [0.1, 0.15) is 10.8 Å². The number of aromatic nitrogens is 3. The third kappa shape index (κ3) is 1.53. The van der Waals surface area contributed by atoms with Crippen molar-refractivity contribution in [2.75, 3.05) is 0 Å². The summed E-state index contributed by atoms with van der Waals surface area (Å²) in [4.78, 5) is 4.62. The standard InChI is InChI=1S/C8H8N4S2/c1-5-10-8(14-11-5)12-4-2-3-6(12)7(9)13/h2-4H,1H3,(H2,9,13). The fourth-order valence-electron chi connectivity index (χ4n) is 1.13. The fourth-order valence-corrected chi connectivity index (χ4v) is 1.97. The van der Waals surface area contributed by atoms with Gasteiger partial charge in [0.2, 0.25) is 5.13 Å². The van der Waals surface area contributed by atoms with E-state index >= 15 is 0 Å². The Bertz CT molecular complexity index is 471. The van der Waals surface area contributed by atoms with E-state index in [0.717, 1.165) is 16.6 Å². The molecule has 0 aromatic carbocycles. The quantitative estimate of drug-likeness (QED) is 0.780. The molecule has 2 aromatic heterocycles. The van der Waals surface area contributed by atoms with E-state index in [1.54, 1.807) is 0 Å². The Labute approximate surface area is 90.6 Å². The molecule has 2 rings (SSSR count). The summed E-state index contributed by atoms with van der Waals surface area (Å²) in [5.41, 5.74) is 6.36. The number of hydrogen-bond acceptors (Lipinski definition) is 4. The van der Waals surface area contributed by atoms with Crippen LogP contribution in [0.5, 0.6) is 0 Å². The average Bonchev–Trinajstić information content (AvgIpc) is 2.70. The summed E-state index contributed by atoms with van der Waals surface area (Å²) in [6, 6.07) is 3.74. The van der Waals surface area contributed by atoms with E-state index in [1.165, 1.54) is 11.5 Å². The molecule has 0 unspecified atom stereocenters. The summed E-state index contributed by atoms with van der Waals surface area (Å²) in [5.74, 6) is 0.757. The van der Waals surface area contributed by atoms with Gasteiger partial charge in [-0.2, -0.15) is 4.37 Å². The van der Waals surface area contributed by atoms with Crippen LogP contribution in [0, 0.1) is 6.92 Å². The molecule has 0 amide bonds. The minimum atomic E-state index is 0.364. The summed E-state index contributed by atoms with van der Waals surface area (Å²) < 4.78 is 5.94. The van der Waals surface area contributed by atoms with E-state index in [2.05, 4.69) is 9.36 Å². The molecular formula is C8H8N4S2. The lowest BCUT2D eigenvalue weighted by Crippen LogP contribution is -2.14. The van der Waals surface area contributed by atoms with Gasteiger partial charge in [-0.05, 0) is 19.1 Å². The van der Waals surface area contributed by atoms with Crippen LogP contribution in [-0.2, 0) is 0 Å². The first-order chi connectivity index (χ1) is 6.68. The third-order valence-electron chi connectivity index (χ3n) is 1.72. The van der Waals surface area contributed by atoms with Crippen molar-refractivity contribution in [2.45, 2.75) is 6.92 Å². The first-order valence-electron chi connectivity index (χ1n) is 3.96. The molecule has 0 aliphatic heterocycles. The summed E-state index contributed by atoms with van der Waals surface area (Å²) >= 11 is 6.25. The molecule has 4 nitrogen and oxygen atoms in total. The van der Waals surface area contributed by atoms with Crippen molar-refractivity contribution in [3.63, 3.8) is 0 Å². The van der Waals surface area contributed by atoms with Crippen LogP contribution in [0.3, 0.4) is 0 Å². The topological polar surface area (TPSA) is 56.7 Å². The zero-order chi connectivity index (χ0) is 10.1. The van der Waals surface area contributed by atoms with Crippen LogP contribution < -0.4 is 5.73 Å². The van der Waals surface area contributed by atoms with Gasteiger partial charge in [0.25, 0.3) is 0 Å². The summed E-state index contributed by atoms with van der Waals surface area (Å²) in [6.07, 6.45) is 1.87. The Morgan fingerprint density at radius 1 is 1.64 bits per heavy atom. The molecule has 2 heterocycles. The SMILES string of the molecule is Cc1nsc(-n2cccc2C(N)=S)n1. The third-order valence-corrected chi connectivity index (χ3v) is 2.74. The number of hydrogen-bond donors (Lipinski definition) is 1. The molecule has 0 saturated heterocycles. The minimum absolute atomic E-state index is 0.364. The molecule has 0 atom stereocenters. The molecule has 0 saturated carbocycles. The van der Waals surface area contributed by atoms with E-state index in [9.17, 15) is 0 Å². The Morgan fingerprint density at radius 3 is 3.00 bits per heavy atom. The van der Waals surface area contributed by atoms with Gasteiger partial charge in [-0.3, -0.25) is 4.57 Å². The Morgan fingerprint density at radius 2 is 2.43 bits per heavy atom. The summed E-state index contributed by atoms with van der Waals surface area (Å²) in [7, 11) is 0. The van der Waals surface area contributed by atoms with E-state index in [4.69, 9.17) is 18.0 Å². The van der Waals surface area contributed by atoms with Crippen LogP contribution in [0.25, 0.3) is 5.13 Å². The second-order valence-corrected chi connectivity index (χ2v) is 3.92. The number of rotatable bonds is 2. The maximum absolute atomic E-state index is 5.57. The highest BCUT2D eigenvalue weighted by Crippen LogP contribution is 2.14. The smallest absolute Gasteiger partial charge is 0.213 e. The molecule has 72 valence electrons. The van der Waals surface area contributed by atoms with Gasteiger partial charge >= 0.3 is 0 Å². The molecule has 2 aromatic rings. The zero-order valence-corrected chi connectivity index (χ0v) is 9.10. The van der Waals surface area contributed by atoms with Gasteiger partial charge in [-0.25, -0.2) is 4.98 Å². The van der Waals surface area contributed by atoms with Crippen molar-refractivity contribution in [3.8, 4) is 5.13 Å². The highest BCUT2D eigenvalue weighted by Gasteiger charge is 2.08. The van der Waals surface area contributed by atoms with Crippen molar-refractivity contribution in [1.82, 2.24) is 13.9 Å². The van der Waals surface area contributed by atoms with Gasteiger partial charge in [-0.15, -0.1) is 0 Å². The number of aryl methyl sites for hydroxylation is 1. The minimum Gasteiger partial charge on any atom is -0.388 e. The monoisotopic (exact) mass is 224 g/mol. The van der Waals surface area contributed by atoms with Gasteiger partial charge in [0.15, 0.2) is 0 Å². The molecule has 14 heavy (non-hydrogen) atoms. The Hall–Kier alpha value is -1.27. The number of thiocarbonyl (C=S) groups is 1. The number of nitrogens with two attached hydrogens (primary N) is 1. The van der Waals surface area contributed by atoms with E-state index < -0.39 is 0 Å². The van der Waals surface area contributed by atoms with Crippen LogP contribution in [0.2, 0.25) is 0 Å². The predicted octanol–water partition coefficient (Wildman–Crippen LogP) is 1.27. The lowest BCUT2D eigenvalue weighted by atomic mass is 10.4. The first kappa shape index (κ1) is 9.29. The van der Waals surface area contributed by atoms with Crippen LogP contribution >= 0.6 is 23.8 Å². The van der Waals surface area contributed by atoms with Crippen molar-refractivity contribution >= 4 is 28.7 Å². The second-order valence-electron chi connectivity index (χ2n) is 2.75. The predicted molar refractivity (Wildman–Crippen MR) is 59.9 cm³/mol. The molecule has 6 heteroatoms. The molecular weight excluding hydrogens is 216 g/mol. The zero-order valence-electron chi connectivity index (χ0n) is 7.47. The van der Waals surface area contributed by atoms with Crippen LogP contribution in [-0.4, -0.2) is 18.9 Å². The molecule has 0 fully saturated rings. The molecule has 0 bridgehead atoms. The van der Waals surface area contributed by atoms with Crippen LogP contribution in [0.4, 0.5) is 0 Å². The largest absolute Gasteiger partial charge is 0.388 e. The molecule has 2 N–H and O–H groups in total. The van der Waals surface area contributed by atoms with E-state index in [1.807, 2.05) is 29.8 Å². The summed E-state index contributed by atoms with van der Waals surface area (Å²) in [6.45, 7) is 1.85. The van der Waals surface area contributed by atoms with E-state index in [-0.39, 0.29) is 0 Å². The van der Waals surface area contributed by atoms with Crippen LogP contribution in [0.1, 0.15) is 11.5 Å². The summed E-state index contributed by atoms with van der Waals surface area (Å²) in [5, 5.41) is 0.787. The number of nitrogens with zero attached hydrogens (tertiary/aromatic N) is 3. The van der Waals surface area contributed by atoms with Gasteiger partial charge in [-0.1, -0.05) is 12.2 Å². The maximum Gasteiger partial charge on any atom is 0.213 e. The second kappa shape index (κ2) is 3.47. The fraction of sp³-hybridized carbons (Fsp3) is 0.125. The molecule has 0 aliphatic rings. The highest BCUT2D eigenvalue weighted by molar-refractivity contribution is 7.80. The normalized spacial score (nSPS) is 10.4. The van der Waals surface area contributed by atoms with Crippen LogP contribution in [0.15, 0.2) is 18.3 Å². The van der Waals surface area contributed by atoms with Gasteiger partial charge in [0, 0.05) is 17.7 Å². The first-order valence-corrected chi connectivity index (χ1v) is 5.14. The van der Waals surface area contributed by atoms with Crippen molar-refractivity contribution in [2.24, 2.45) is 5.73 Å². The highest BCUT2D eigenvalue weighted by atomic mass is 32.1. The van der Waals surface area contributed by atoms with Gasteiger partial charge < -0.3 is 5.73 Å². The van der Waals surface area contributed by atoms with E-state index in [0.29, 0.717) is 4.99 Å². The average molecular weight is 224 g/mol. The van der Waals surface area contributed by atoms with Gasteiger partial charge in [0.05, 0.1) is 5.69 Å². The lowest BCUT2D eigenvalue weighted by molar-refractivity contribution is 1.01. The van der Waals surface area contributed by atoms with Crippen molar-refractivity contribution < 1.29 is 0 Å². The lowest BCUT2D eigenvalue weighted by Gasteiger charge is -2.01. The molecule has 0 aliphatic carbocycles. The molecule has 0 spiro atoms. The maximum atomic E-state index is 5.57. The molecule has 0 radical (unpaired) electrons. The Kier molecular flexibility index (Phi) is 2.30.